The second-order valence-corrected chi connectivity index (χ2v) is 4.52. The van der Waals surface area contributed by atoms with Gasteiger partial charge in [-0.25, -0.2) is 0 Å². The van der Waals surface area contributed by atoms with E-state index in [1.54, 1.807) is 0 Å². The predicted molar refractivity (Wildman–Crippen MR) is 71.5 cm³/mol. The summed E-state index contributed by atoms with van der Waals surface area (Å²) in [5.74, 6) is 0. The number of nitrogens with zero attached hydrogens (tertiary/aromatic N) is 1. The van der Waals surface area contributed by atoms with Crippen molar-refractivity contribution >= 4 is 11.4 Å². The number of nitrogens with two attached hydrogens (primary N) is 1. The Kier molecular flexibility index (Phi) is 7.00. The number of benzene rings is 1. The maximum absolute atomic E-state index is 5.64. The first-order valence-corrected chi connectivity index (χ1v) is 6.02. The molecule has 0 aliphatic rings. The van der Waals surface area contributed by atoms with Crippen molar-refractivity contribution in [1.29, 1.82) is 0 Å². The number of nitrogen functional groups attached to an aromatic ring is 1. The molecule has 0 atom stereocenters. The van der Waals surface area contributed by atoms with Crippen molar-refractivity contribution in [2.24, 2.45) is 0 Å². The highest BCUT2D eigenvalue weighted by atomic mass is 35.5. The van der Waals surface area contributed by atoms with Crippen LogP contribution in [0.15, 0.2) is 24.3 Å². The van der Waals surface area contributed by atoms with Gasteiger partial charge in [-0.1, -0.05) is 0 Å². The van der Waals surface area contributed by atoms with Crippen LogP contribution in [-0.2, 0) is 0 Å². The maximum atomic E-state index is 5.64. The molecule has 0 bridgehead atoms. The topological polar surface area (TPSA) is 38.0 Å². The summed E-state index contributed by atoms with van der Waals surface area (Å²) in [7, 11) is 2.30. The molecule has 3 N–H and O–H groups in total. The molecule has 3 nitrogen and oxygen atoms in total. The third kappa shape index (κ3) is 5.29. The molecule has 0 aliphatic carbocycles. The Balaban J connectivity index is 0.00000256. The Hall–Kier alpha value is -0.930. The van der Waals surface area contributed by atoms with Crippen LogP contribution in [0.5, 0.6) is 0 Å². The van der Waals surface area contributed by atoms with E-state index in [0.717, 1.165) is 28.9 Å². The number of hydrogen-bond donors (Lipinski definition) is 2. The molecular formula is C13H24ClN3. The van der Waals surface area contributed by atoms with Crippen molar-refractivity contribution in [2.75, 3.05) is 44.3 Å². The molecular weight excluding hydrogens is 234 g/mol. The average Bonchev–Trinajstić information content (AvgIpc) is 2.31. The lowest BCUT2D eigenvalue weighted by Gasteiger charge is -2.32. The number of rotatable bonds is 6. The molecule has 0 spiro atoms. The Morgan fingerprint density at radius 3 is 2.12 bits per heavy atom. The molecule has 0 fully saturated rings. The van der Waals surface area contributed by atoms with Gasteiger partial charge in [0.2, 0.25) is 0 Å². The minimum Gasteiger partial charge on any atom is -1.00 e. The lowest BCUT2D eigenvalue weighted by Crippen LogP contribution is -3.00. The van der Waals surface area contributed by atoms with Gasteiger partial charge in [-0.15, -0.1) is 0 Å². The first-order chi connectivity index (χ1) is 7.59. The Bertz CT molecular complexity index is 307. The van der Waals surface area contributed by atoms with E-state index in [4.69, 9.17) is 5.73 Å². The zero-order valence-electron chi connectivity index (χ0n) is 11.0. The number of halogens is 1. The van der Waals surface area contributed by atoms with Crippen LogP contribution in [0.2, 0.25) is 0 Å². The highest BCUT2D eigenvalue weighted by molar-refractivity contribution is 5.51. The molecule has 1 aromatic rings. The second-order valence-electron chi connectivity index (χ2n) is 4.52. The zero-order valence-corrected chi connectivity index (χ0v) is 11.8. The van der Waals surface area contributed by atoms with E-state index < -0.39 is 0 Å². The molecule has 0 saturated carbocycles. The lowest BCUT2D eigenvalue weighted by molar-refractivity contribution is -0.904. The number of quaternary nitrogens is 1. The monoisotopic (exact) mass is 257 g/mol. The summed E-state index contributed by atoms with van der Waals surface area (Å²) in [4.78, 5) is 0. The SMILES string of the molecule is CC[N+](C)(CC)CCNc1ccc(N)cc1.[Cl-]. The van der Waals surface area contributed by atoms with Gasteiger partial charge in [-0.3, -0.25) is 0 Å². The summed E-state index contributed by atoms with van der Waals surface area (Å²) in [6.45, 7) is 9.00. The van der Waals surface area contributed by atoms with Crippen LogP contribution in [0.4, 0.5) is 11.4 Å². The normalized spacial score (nSPS) is 10.8. The number of anilines is 2. The fourth-order valence-electron chi connectivity index (χ4n) is 1.61. The first kappa shape index (κ1) is 16.1. The minimum absolute atomic E-state index is 0. The largest absolute Gasteiger partial charge is 1.00 e. The molecule has 0 amide bonds. The third-order valence-electron chi connectivity index (χ3n) is 3.42. The average molecular weight is 258 g/mol. The van der Waals surface area contributed by atoms with Gasteiger partial charge in [0.25, 0.3) is 0 Å². The number of nitrogens with one attached hydrogen (secondary N) is 1. The van der Waals surface area contributed by atoms with E-state index >= 15 is 0 Å². The summed E-state index contributed by atoms with van der Waals surface area (Å²) in [6.07, 6.45) is 0. The van der Waals surface area contributed by atoms with Crippen molar-refractivity contribution in [3.8, 4) is 0 Å². The molecule has 17 heavy (non-hydrogen) atoms. The van der Waals surface area contributed by atoms with Gasteiger partial charge in [0.05, 0.1) is 33.2 Å². The number of likely N-dealkylation sites (N-methyl/N-ethyl adjacent to an activating group) is 1. The standard InChI is InChI=1S/C13H24N3.ClH/c1-4-16(3,5-2)11-10-15-13-8-6-12(14)7-9-13;/h6-9,15H,4-5,10-11,14H2,1-3H3;1H/q+1;/p-1. The first-order valence-electron chi connectivity index (χ1n) is 6.02. The summed E-state index contributed by atoms with van der Waals surface area (Å²) in [5.41, 5.74) is 7.60. The van der Waals surface area contributed by atoms with Crippen LogP contribution in [0, 0.1) is 0 Å². The zero-order chi connectivity index (χ0) is 12.0. The molecule has 98 valence electrons. The fourth-order valence-corrected chi connectivity index (χ4v) is 1.61. The van der Waals surface area contributed by atoms with E-state index in [1.807, 2.05) is 24.3 Å². The summed E-state index contributed by atoms with van der Waals surface area (Å²) in [6, 6.07) is 7.90. The second kappa shape index (κ2) is 7.41. The van der Waals surface area contributed by atoms with E-state index in [1.165, 1.54) is 13.1 Å². The Morgan fingerprint density at radius 1 is 1.12 bits per heavy atom. The summed E-state index contributed by atoms with van der Waals surface area (Å²) in [5, 5.41) is 3.42. The molecule has 4 heteroatoms. The van der Waals surface area contributed by atoms with Crippen LogP contribution in [-0.4, -0.2) is 37.7 Å². The molecule has 0 aliphatic heterocycles. The van der Waals surface area contributed by atoms with Crippen LogP contribution in [0.1, 0.15) is 13.8 Å². The van der Waals surface area contributed by atoms with Crippen LogP contribution < -0.4 is 23.5 Å². The minimum atomic E-state index is 0. The lowest BCUT2D eigenvalue weighted by atomic mass is 10.3. The van der Waals surface area contributed by atoms with E-state index in [9.17, 15) is 0 Å². The van der Waals surface area contributed by atoms with Gasteiger partial charge in [-0.05, 0) is 38.1 Å². The van der Waals surface area contributed by atoms with Gasteiger partial charge < -0.3 is 27.9 Å². The highest BCUT2D eigenvalue weighted by Crippen LogP contribution is 2.10. The van der Waals surface area contributed by atoms with Crippen molar-refractivity contribution in [3.63, 3.8) is 0 Å². The van der Waals surface area contributed by atoms with Crippen molar-refractivity contribution in [1.82, 2.24) is 0 Å². The third-order valence-corrected chi connectivity index (χ3v) is 3.42. The van der Waals surface area contributed by atoms with E-state index in [2.05, 4.69) is 26.2 Å². The van der Waals surface area contributed by atoms with E-state index in [-0.39, 0.29) is 12.4 Å². The maximum Gasteiger partial charge on any atom is 0.0959 e. The van der Waals surface area contributed by atoms with Crippen molar-refractivity contribution < 1.29 is 16.9 Å². The van der Waals surface area contributed by atoms with Gasteiger partial charge in [-0.2, -0.15) is 0 Å². The van der Waals surface area contributed by atoms with Crippen molar-refractivity contribution in [3.05, 3.63) is 24.3 Å². The number of hydrogen-bond acceptors (Lipinski definition) is 2. The van der Waals surface area contributed by atoms with Gasteiger partial charge in [0.15, 0.2) is 0 Å². The highest BCUT2D eigenvalue weighted by Gasteiger charge is 2.14. The molecule has 0 aromatic heterocycles. The Labute approximate surface area is 111 Å². The summed E-state index contributed by atoms with van der Waals surface area (Å²) < 4.78 is 1.11. The quantitative estimate of drug-likeness (QED) is 0.516. The molecule has 0 saturated heterocycles. The van der Waals surface area contributed by atoms with Gasteiger partial charge in [0, 0.05) is 11.4 Å². The molecule has 0 radical (unpaired) electrons. The van der Waals surface area contributed by atoms with E-state index in [0.29, 0.717) is 0 Å². The Morgan fingerprint density at radius 2 is 1.65 bits per heavy atom. The van der Waals surface area contributed by atoms with Gasteiger partial charge in [0.1, 0.15) is 0 Å². The molecule has 1 aromatic carbocycles. The fraction of sp³-hybridized carbons (Fsp3) is 0.538. The predicted octanol–water partition coefficient (Wildman–Crippen LogP) is -0.829. The van der Waals surface area contributed by atoms with Crippen LogP contribution in [0.25, 0.3) is 0 Å². The summed E-state index contributed by atoms with van der Waals surface area (Å²) >= 11 is 0. The molecule has 1 rings (SSSR count). The molecule has 0 heterocycles. The van der Waals surface area contributed by atoms with Gasteiger partial charge >= 0.3 is 0 Å². The van der Waals surface area contributed by atoms with Crippen LogP contribution in [0.3, 0.4) is 0 Å². The smallest absolute Gasteiger partial charge is 0.0959 e. The molecule has 0 unspecified atom stereocenters. The van der Waals surface area contributed by atoms with Crippen LogP contribution >= 0.6 is 0 Å². The van der Waals surface area contributed by atoms with Crippen molar-refractivity contribution in [2.45, 2.75) is 13.8 Å².